The van der Waals surface area contributed by atoms with E-state index in [-0.39, 0.29) is 24.2 Å². The zero-order chi connectivity index (χ0) is 17.4. The molecule has 1 atom stereocenters. The summed E-state index contributed by atoms with van der Waals surface area (Å²) in [4.78, 5) is 21.4. The van der Waals surface area contributed by atoms with Crippen molar-refractivity contribution in [1.29, 1.82) is 0 Å². The number of amides is 1. The van der Waals surface area contributed by atoms with Crippen LogP contribution in [-0.4, -0.2) is 27.9 Å². The number of hydrogen-bond acceptors (Lipinski definition) is 6. The molecule has 130 valence electrons. The molecular weight excluding hydrogens is 334 g/mol. The normalized spacial score (nSPS) is 19.4. The van der Waals surface area contributed by atoms with E-state index in [4.69, 9.17) is 9.36 Å². The number of aromatic nitrogens is 2. The first-order valence-electron chi connectivity index (χ1n) is 7.88. The van der Waals surface area contributed by atoms with Crippen molar-refractivity contribution in [3.63, 3.8) is 0 Å². The average molecular weight is 348 g/mol. The molecule has 9 heteroatoms. The lowest BCUT2D eigenvalue weighted by Crippen LogP contribution is -2.34. The van der Waals surface area contributed by atoms with Crippen LogP contribution < -0.4 is 5.32 Å². The molecule has 1 aromatic carbocycles. The molecule has 0 bridgehead atoms. The topological polar surface area (TPSA) is 89.6 Å². The number of hydrogen-bond donors (Lipinski definition) is 1. The SMILES string of the molecule is O=C(NCc1nc(C2CC2)no1)[C@H]1CC(c2cc(F)ccc2F)=NO1. The molecule has 0 saturated heterocycles. The fraction of sp³-hybridized carbons (Fsp3) is 0.375. The number of benzene rings is 1. The summed E-state index contributed by atoms with van der Waals surface area (Å²) in [7, 11) is 0. The van der Waals surface area contributed by atoms with E-state index in [9.17, 15) is 13.6 Å². The first-order valence-corrected chi connectivity index (χ1v) is 7.88. The summed E-state index contributed by atoms with van der Waals surface area (Å²) in [6.07, 6.45) is 1.24. The Balaban J connectivity index is 1.33. The van der Waals surface area contributed by atoms with E-state index in [0.29, 0.717) is 17.6 Å². The largest absolute Gasteiger partial charge is 0.382 e. The van der Waals surface area contributed by atoms with Gasteiger partial charge in [-0.15, -0.1) is 0 Å². The lowest BCUT2D eigenvalue weighted by molar-refractivity contribution is -0.131. The van der Waals surface area contributed by atoms with Gasteiger partial charge in [0, 0.05) is 17.9 Å². The monoisotopic (exact) mass is 348 g/mol. The molecule has 1 fully saturated rings. The summed E-state index contributed by atoms with van der Waals surface area (Å²) in [6, 6.07) is 3.04. The molecule has 0 unspecified atom stereocenters. The number of oxime groups is 1. The maximum atomic E-state index is 13.8. The van der Waals surface area contributed by atoms with Crippen LogP contribution in [-0.2, 0) is 16.2 Å². The summed E-state index contributed by atoms with van der Waals surface area (Å²) in [5.74, 6) is -0.317. The van der Waals surface area contributed by atoms with E-state index in [0.717, 1.165) is 31.0 Å². The molecule has 7 nitrogen and oxygen atoms in total. The zero-order valence-electron chi connectivity index (χ0n) is 13.0. The van der Waals surface area contributed by atoms with Crippen molar-refractivity contribution in [3.05, 3.63) is 47.1 Å². The first kappa shape index (κ1) is 15.7. The third-order valence-electron chi connectivity index (χ3n) is 4.04. The summed E-state index contributed by atoms with van der Waals surface area (Å²) in [5.41, 5.74) is 0.173. The maximum absolute atomic E-state index is 13.8. The van der Waals surface area contributed by atoms with Crippen molar-refractivity contribution in [3.8, 4) is 0 Å². The van der Waals surface area contributed by atoms with Gasteiger partial charge in [0.1, 0.15) is 11.6 Å². The number of rotatable bonds is 5. The number of halogens is 2. The second-order valence-corrected chi connectivity index (χ2v) is 6.00. The number of nitrogens with zero attached hydrogens (tertiary/aromatic N) is 3. The van der Waals surface area contributed by atoms with Crippen molar-refractivity contribution in [2.24, 2.45) is 5.16 Å². The molecule has 1 amide bonds. The van der Waals surface area contributed by atoms with Gasteiger partial charge in [0.2, 0.25) is 12.0 Å². The smallest absolute Gasteiger partial charge is 0.264 e. The molecule has 4 rings (SSSR count). The Morgan fingerprint density at radius 1 is 1.32 bits per heavy atom. The molecule has 0 radical (unpaired) electrons. The van der Waals surface area contributed by atoms with E-state index in [1.165, 1.54) is 0 Å². The number of nitrogens with one attached hydrogen (secondary N) is 1. The Morgan fingerprint density at radius 2 is 2.16 bits per heavy atom. The van der Waals surface area contributed by atoms with Crippen LogP contribution in [0.3, 0.4) is 0 Å². The molecule has 2 aromatic rings. The Morgan fingerprint density at radius 3 is 2.96 bits per heavy atom. The van der Waals surface area contributed by atoms with Crippen molar-refractivity contribution >= 4 is 11.6 Å². The highest BCUT2D eigenvalue weighted by molar-refractivity contribution is 6.04. The Kier molecular flexibility index (Phi) is 3.90. The molecule has 1 saturated carbocycles. The standard InChI is InChI=1S/C16H14F2N4O3/c17-9-3-4-11(18)10(5-9)12-6-13(24-21-12)16(23)19-7-14-20-15(22-25-14)8-1-2-8/h3-5,8,13H,1-2,6-7H2,(H,19,23)/t13-/m1/s1. The van der Waals surface area contributed by atoms with Crippen LogP contribution in [0.5, 0.6) is 0 Å². The van der Waals surface area contributed by atoms with Crippen LogP contribution >= 0.6 is 0 Å². The number of carbonyl (C=O) groups excluding carboxylic acids is 1. The Bertz CT molecular complexity index is 848. The van der Waals surface area contributed by atoms with E-state index in [2.05, 4.69) is 20.6 Å². The van der Waals surface area contributed by atoms with E-state index in [1.807, 2.05) is 0 Å². The van der Waals surface area contributed by atoms with Crippen molar-refractivity contribution in [2.75, 3.05) is 0 Å². The van der Waals surface area contributed by atoms with Gasteiger partial charge in [-0.1, -0.05) is 10.3 Å². The predicted molar refractivity (Wildman–Crippen MR) is 80.5 cm³/mol. The van der Waals surface area contributed by atoms with Gasteiger partial charge in [0.25, 0.3) is 5.91 Å². The highest BCUT2D eigenvalue weighted by Gasteiger charge is 2.31. The summed E-state index contributed by atoms with van der Waals surface area (Å²) < 4.78 is 32.1. The number of carbonyl (C=O) groups is 1. The fourth-order valence-corrected chi connectivity index (χ4v) is 2.52. The van der Waals surface area contributed by atoms with Crippen molar-refractivity contribution in [2.45, 2.75) is 37.8 Å². The molecule has 1 aliphatic heterocycles. The van der Waals surface area contributed by atoms with Gasteiger partial charge in [0.15, 0.2) is 5.82 Å². The maximum Gasteiger partial charge on any atom is 0.264 e. The summed E-state index contributed by atoms with van der Waals surface area (Å²) in [6.45, 7) is 0.0715. The molecule has 1 aliphatic carbocycles. The van der Waals surface area contributed by atoms with Crippen molar-refractivity contribution < 1.29 is 22.9 Å². The minimum atomic E-state index is -0.913. The molecule has 25 heavy (non-hydrogen) atoms. The Hall–Kier alpha value is -2.84. The third-order valence-corrected chi connectivity index (χ3v) is 4.04. The van der Waals surface area contributed by atoms with Crippen LogP contribution in [0, 0.1) is 11.6 Å². The summed E-state index contributed by atoms with van der Waals surface area (Å²) in [5, 5.41) is 10.2. The van der Waals surface area contributed by atoms with Crippen LogP contribution in [0.2, 0.25) is 0 Å². The first-order chi connectivity index (χ1) is 12.1. The zero-order valence-corrected chi connectivity index (χ0v) is 13.0. The van der Waals surface area contributed by atoms with Gasteiger partial charge < -0.3 is 14.7 Å². The average Bonchev–Trinajstić information content (AvgIpc) is 3.15. The molecule has 2 aliphatic rings. The van der Waals surface area contributed by atoms with E-state index >= 15 is 0 Å². The third kappa shape index (κ3) is 3.35. The van der Waals surface area contributed by atoms with Gasteiger partial charge in [0.05, 0.1) is 12.3 Å². The van der Waals surface area contributed by atoms with Gasteiger partial charge in [-0.3, -0.25) is 4.79 Å². The quantitative estimate of drug-likeness (QED) is 0.893. The van der Waals surface area contributed by atoms with Gasteiger partial charge in [-0.25, -0.2) is 8.78 Å². The van der Waals surface area contributed by atoms with Gasteiger partial charge in [-0.05, 0) is 31.0 Å². The van der Waals surface area contributed by atoms with Crippen LogP contribution in [0.25, 0.3) is 0 Å². The minimum absolute atomic E-state index is 0.0127. The second kappa shape index (κ2) is 6.23. The highest BCUT2D eigenvalue weighted by atomic mass is 19.1. The van der Waals surface area contributed by atoms with Gasteiger partial charge >= 0.3 is 0 Å². The van der Waals surface area contributed by atoms with Gasteiger partial charge in [-0.2, -0.15) is 4.98 Å². The van der Waals surface area contributed by atoms with Crippen LogP contribution in [0.15, 0.2) is 27.9 Å². The van der Waals surface area contributed by atoms with Crippen LogP contribution in [0.4, 0.5) is 8.78 Å². The molecular formula is C16H14F2N4O3. The predicted octanol–water partition coefficient (Wildman–Crippen LogP) is 2.03. The van der Waals surface area contributed by atoms with E-state index in [1.54, 1.807) is 0 Å². The van der Waals surface area contributed by atoms with Crippen molar-refractivity contribution in [1.82, 2.24) is 15.5 Å². The molecule has 2 heterocycles. The second-order valence-electron chi connectivity index (χ2n) is 6.00. The Labute approximate surface area is 141 Å². The van der Waals surface area contributed by atoms with E-state index < -0.39 is 23.6 Å². The minimum Gasteiger partial charge on any atom is -0.382 e. The fourth-order valence-electron chi connectivity index (χ4n) is 2.52. The summed E-state index contributed by atoms with van der Waals surface area (Å²) >= 11 is 0. The lowest BCUT2D eigenvalue weighted by Gasteiger charge is -2.07. The molecule has 0 spiro atoms. The van der Waals surface area contributed by atoms with Crippen LogP contribution in [0.1, 0.15) is 42.5 Å². The lowest BCUT2D eigenvalue weighted by atomic mass is 10.0. The molecule has 1 N–H and O–H groups in total. The highest BCUT2D eigenvalue weighted by Crippen LogP contribution is 2.38. The molecule has 1 aromatic heterocycles.